The van der Waals surface area contributed by atoms with Gasteiger partial charge in [-0.15, -0.1) is 0 Å². The molecule has 19 heavy (non-hydrogen) atoms. The quantitative estimate of drug-likeness (QED) is 0.906. The van der Waals surface area contributed by atoms with Crippen LogP contribution in [0.4, 0.5) is 13.2 Å². The minimum Gasteiger partial charge on any atom is -0.317 e. The molecule has 1 aliphatic rings. The van der Waals surface area contributed by atoms with Crippen LogP contribution in [0.25, 0.3) is 0 Å². The summed E-state index contributed by atoms with van der Waals surface area (Å²) in [5, 5.41) is 3.97. The van der Waals surface area contributed by atoms with E-state index in [9.17, 15) is 13.2 Å². The Hall–Kier alpha value is -0.680. The molecule has 0 spiro atoms. The molecule has 1 N–H and O–H groups in total. The fourth-order valence-electron chi connectivity index (χ4n) is 2.21. The van der Waals surface area contributed by atoms with Crippen LogP contribution >= 0.6 is 11.8 Å². The van der Waals surface area contributed by atoms with E-state index in [0.717, 1.165) is 43.3 Å². The second-order valence-corrected chi connectivity index (χ2v) is 6.18. The maximum absolute atomic E-state index is 12.6. The van der Waals surface area contributed by atoms with Crippen LogP contribution < -0.4 is 5.32 Å². The van der Waals surface area contributed by atoms with Crippen LogP contribution in [0.15, 0.2) is 24.3 Å². The lowest BCUT2D eigenvalue weighted by molar-refractivity contribution is -0.137. The van der Waals surface area contributed by atoms with Gasteiger partial charge in [0.25, 0.3) is 0 Å². The van der Waals surface area contributed by atoms with Gasteiger partial charge in [-0.2, -0.15) is 24.9 Å². The molecule has 0 atom stereocenters. The standard InChI is InChI=1S/C14H18F3NS/c15-14(16,17)12-3-1-2-11(10-12)6-9-19-13-4-7-18-8-5-13/h1-3,10,13,18H,4-9H2. The lowest BCUT2D eigenvalue weighted by Crippen LogP contribution is -2.29. The van der Waals surface area contributed by atoms with Crippen molar-refractivity contribution >= 4 is 11.8 Å². The topological polar surface area (TPSA) is 12.0 Å². The third-order valence-corrected chi connectivity index (χ3v) is 4.67. The van der Waals surface area contributed by atoms with E-state index in [1.807, 2.05) is 11.8 Å². The molecule has 5 heteroatoms. The molecular weight excluding hydrogens is 271 g/mol. The normalized spacial score (nSPS) is 17.6. The molecule has 1 heterocycles. The van der Waals surface area contributed by atoms with Crippen molar-refractivity contribution in [1.29, 1.82) is 0 Å². The highest BCUT2D eigenvalue weighted by Gasteiger charge is 2.30. The summed E-state index contributed by atoms with van der Waals surface area (Å²) in [5.74, 6) is 0.895. The summed E-state index contributed by atoms with van der Waals surface area (Å²) in [6.07, 6.45) is -1.21. The maximum Gasteiger partial charge on any atom is 0.416 e. The van der Waals surface area contributed by atoms with Crippen molar-refractivity contribution < 1.29 is 13.2 Å². The second kappa shape index (κ2) is 6.66. The highest BCUT2D eigenvalue weighted by atomic mass is 32.2. The van der Waals surface area contributed by atoms with Gasteiger partial charge in [-0.05, 0) is 49.7 Å². The fourth-order valence-corrected chi connectivity index (χ4v) is 3.46. The van der Waals surface area contributed by atoms with Gasteiger partial charge in [0.05, 0.1) is 5.56 Å². The van der Waals surface area contributed by atoms with Crippen LogP contribution in [0, 0.1) is 0 Å². The molecule has 106 valence electrons. The smallest absolute Gasteiger partial charge is 0.317 e. The molecule has 0 amide bonds. The van der Waals surface area contributed by atoms with Crippen LogP contribution in [0.2, 0.25) is 0 Å². The summed E-state index contributed by atoms with van der Waals surface area (Å²) in [4.78, 5) is 0. The first-order valence-electron chi connectivity index (χ1n) is 6.54. The molecule has 0 aliphatic carbocycles. The van der Waals surface area contributed by atoms with Crippen molar-refractivity contribution in [2.24, 2.45) is 0 Å². The van der Waals surface area contributed by atoms with Crippen LogP contribution in [-0.4, -0.2) is 24.1 Å². The van der Waals surface area contributed by atoms with E-state index < -0.39 is 11.7 Å². The molecule has 1 aliphatic heterocycles. The number of thioether (sulfide) groups is 1. The van der Waals surface area contributed by atoms with Gasteiger partial charge in [0.1, 0.15) is 0 Å². The maximum atomic E-state index is 12.6. The van der Waals surface area contributed by atoms with E-state index in [1.54, 1.807) is 6.07 Å². The molecule has 1 fully saturated rings. The number of nitrogens with one attached hydrogen (secondary N) is 1. The Kier molecular flexibility index (Phi) is 5.16. The zero-order valence-electron chi connectivity index (χ0n) is 10.7. The SMILES string of the molecule is FC(F)(F)c1cccc(CCSC2CCNCC2)c1. The predicted molar refractivity (Wildman–Crippen MR) is 73.5 cm³/mol. The van der Waals surface area contributed by atoms with Crippen molar-refractivity contribution in [2.45, 2.75) is 30.7 Å². The summed E-state index contributed by atoms with van der Waals surface area (Å²) in [5.41, 5.74) is 0.230. The zero-order chi connectivity index (χ0) is 13.7. The van der Waals surface area contributed by atoms with Crippen LogP contribution in [0.3, 0.4) is 0 Å². The zero-order valence-corrected chi connectivity index (χ0v) is 11.5. The molecule has 0 unspecified atom stereocenters. The van der Waals surface area contributed by atoms with Gasteiger partial charge in [0, 0.05) is 5.25 Å². The number of hydrogen-bond donors (Lipinski definition) is 1. The van der Waals surface area contributed by atoms with Crippen molar-refractivity contribution in [2.75, 3.05) is 18.8 Å². The van der Waals surface area contributed by atoms with E-state index in [1.165, 1.54) is 12.1 Å². The average Bonchev–Trinajstić information content (AvgIpc) is 2.39. The fraction of sp³-hybridized carbons (Fsp3) is 0.571. The highest BCUT2D eigenvalue weighted by Crippen LogP contribution is 2.30. The molecule has 1 aromatic carbocycles. The highest BCUT2D eigenvalue weighted by molar-refractivity contribution is 7.99. The van der Waals surface area contributed by atoms with Crippen LogP contribution in [0.1, 0.15) is 24.0 Å². The Morgan fingerprint density at radius 1 is 1.21 bits per heavy atom. The minimum atomic E-state index is -4.24. The van der Waals surface area contributed by atoms with Crippen molar-refractivity contribution in [3.05, 3.63) is 35.4 Å². The first-order chi connectivity index (χ1) is 9.05. The monoisotopic (exact) mass is 289 g/mol. The third kappa shape index (κ3) is 4.73. The largest absolute Gasteiger partial charge is 0.416 e. The first-order valence-corrected chi connectivity index (χ1v) is 7.59. The van der Waals surface area contributed by atoms with Crippen molar-refractivity contribution in [3.63, 3.8) is 0 Å². The van der Waals surface area contributed by atoms with Crippen molar-refractivity contribution in [3.8, 4) is 0 Å². The summed E-state index contributed by atoms with van der Waals surface area (Å²) in [6.45, 7) is 2.11. The molecular formula is C14H18F3NS. The van der Waals surface area contributed by atoms with Gasteiger partial charge >= 0.3 is 6.18 Å². The number of hydrogen-bond acceptors (Lipinski definition) is 2. The van der Waals surface area contributed by atoms with E-state index in [4.69, 9.17) is 0 Å². The second-order valence-electron chi connectivity index (χ2n) is 4.77. The summed E-state index contributed by atoms with van der Waals surface area (Å²) in [6, 6.07) is 5.66. The molecule has 0 bridgehead atoms. The molecule has 1 aromatic rings. The summed E-state index contributed by atoms with van der Waals surface area (Å²) in [7, 11) is 0. The van der Waals surface area contributed by atoms with Gasteiger partial charge in [-0.1, -0.05) is 18.2 Å². The molecule has 1 nitrogen and oxygen atoms in total. The van der Waals surface area contributed by atoms with E-state index in [-0.39, 0.29) is 0 Å². The van der Waals surface area contributed by atoms with Gasteiger partial charge in [-0.3, -0.25) is 0 Å². The molecule has 0 radical (unpaired) electrons. The number of halogens is 3. The van der Waals surface area contributed by atoms with Gasteiger partial charge < -0.3 is 5.32 Å². The third-order valence-electron chi connectivity index (χ3n) is 3.28. The Labute approximate surface area is 116 Å². The van der Waals surface area contributed by atoms with E-state index in [2.05, 4.69) is 5.32 Å². The predicted octanol–water partition coefficient (Wildman–Crippen LogP) is 3.73. The van der Waals surface area contributed by atoms with E-state index in [0.29, 0.717) is 11.7 Å². The number of alkyl halides is 3. The Balaban J connectivity index is 1.82. The first kappa shape index (κ1) is 14.7. The van der Waals surface area contributed by atoms with E-state index >= 15 is 0 Å². The number of benzene rings is 1. The molecule has 0 saturated carbocycles. The average molecular weight is 289 g/mol. The Morgan fingerprint density at radius 3 is 2.63 bits per heavy atom. The van der Waals surface area contributed by atoms with Gasteiger partial charge in [-0.25, -0.2) is 0 Å². The lowest BCUT2D eigenvalue weighted by Gasteiger charge is -2.22. The Morgan fingerprint density at radius 2 is 1.95 bits per heavy atom. The van der Waals surface area contributed by atoms with Crippen molar-refractivity contribution in [1.82, 2.24) is 5.32 Å². The van der Waals surface area contributed by atoms with Gasteiger partial charge in [0.2, 0.25) is 0 Å². The molecule has 0 aromatic heterocycles. The Bertz CT molecular complexity index is 400. The van der Waals surface area contributed by atoms with Crippen LogP contribution in [-0.2, 0) is 12.6 Å². The number of piperidine rings is 1. The lowest BCUT2D eigenvalue weighted by atomic mass is 10.1. The molecule has 2 rings (SSSR count). The minimum absolute atomic E-state index is 0.545. The number of rotatable bonds is 4. The van der Waals surface area contributed by atoms with Gasteiger partial charge in [0.15, 0.2) is 0 Å². The van der Waals surface area contributed by atoms with Crippen LogP contribution in [0.5, 0.6) is 0 Å². The molecule has 1 saturated heterocycles. The number of aryl methyl sites for hydroxylation is 1. The summed E-state index contributed by atoms with van der Waals surface area (Å²) < 4.78 is 37.7. The summed E-state index contributed by atoms with van der Waals surface area (Å²) >= 11 is 1.88.